The van der Waals surface area contributed by atoms with Crippen LogP contribution in [0.25, 0.3) is 0 Å². The topological polar surface area (TPSA) is 0 Å². The van der Waals surface area contributed by atoms with Crippen LogP contribution in [0, 0.1) is 0 Å². The fraction of sp³-hybridized carbons (Fsp3) is 0. The van der Waals surface area contributed by atoms with Gasteiger partial charge in [-0.3, -0.25) is 0 Å². The maximum absolute atomic E-state index is 12.1. The Kier molecular flexibility index (Phi) is 5.93. The largest absolute Gasteiger partial charge is 1.00 e. The zero-order valence-electron chi connectivity index (χ0n) is 6.70. The predicted octanol–water partition coefficient (Wildman–Crippen LogP) is 0.0518. The van der Waals surface area contributed by atoms with Gasteiger partial charge in [0.15, 0.2) is 0 Å². The first-order valence-corrected chi connectivity index (χ1v) is 3.82. The van der Waals surface area contributed by atoms with Gasteiger partial charge in [-0.15, -0.1) is 5.46 Å². The van der Waals surface area contributed by atoms with Crippen molar-refractivity contribution in [2.45, 2.75) is 0 Å². The first-order valence-electron chi connectivity index (χ1n) is 3.06. The van der Waals surface area contributed by atoms with Crippen molar-refractivity contribution in [2.75, 3.05) is 0 Å². The Morgan fingerprint density at radius 2 is 1.54 bits per heavy atom. The van der Waals surface area contributed by atoms with E-state index in [4.69, 9.17) is 23.2 Å². The molecule has 66 valence electrons. The molecule has 1 rings (SSSR count). The van der Waals surface area contributed by atoms with Crippen molar-refractivity contribution in [2.24, 2.45) is 0 Å². The number of benzene rings is 1. The quantitative estimate of drug-likeness (QED) is 0.620. The predicted molar refractivity (Wildman–Crippen MR) is 45.2 cm³/mol. The molecule has 13 heavy (non-hydrogen) atoms. The van der Waals surface area contributed by atoms with Gasteiger partial charge in [0.1, 0.15) is 0 Å². The summed E-state index contributed by atoms with van der Waals surface area (Å²) in [5.41, 5.74) is -0.732. The normalized spacial score (nSPS) is 10.8. The van der Waals surface area contributed by atoms with Crippen LogP contribution in [0.1, 0.15) is 0 Å². The zero-order chi connectivity index (χ0) is 9.35. The van der Waals surface area contributed by atoms with Crippen molar-refractivity contribution in [1.82, 2.24) is 0 Å². The average molecular weight is 253 g/mol. The van der Waals surface area contributed by atoms with E-state index in [2.05, 4.69) is 0 Å². The molecule has 0 aliphatic rings. The van der Waals surface area contributed by atoms with Gasteiger partial charge in [-0.1, -0.05) is 35.3 Å². The summed E-state index contributed by atoms with van der Waals surface area (Å²) >= 11 is 10.8. The van der Waals surface area contributed by atoms with Crippen molar-refractivity contribution in [3.63, 3.8) is 0 Å². The van der Waals surface area contributed by atoms with Crippen molar-refractivity contribution in [3.05, 3.63) is 28.2 Å². The van der Waals surface area contributed by atoms with Gasteiger partial charge in [-0.05, 0) is 6.07 Å². The van der Waals surface area contributed by atoms with E-state index < -0.39 is 12.4 Å². The van der Waals surface area contributed by atoms with Crippen LogP contribution in [0.5, 0.6) is 0 Å². The van der Waals surface area contributed by atoms with E-state index in [1.165, 1.54) is 0 Å². The van der Waals surface area contributed by atoms with Crippen LogP contribution in [0.4, 0.5) is 12.9 Å². The molecule has 0 atom stereocenters. The summed E-state index contributed by atoms with van der Waals surface area (Å²) in [6.07, 6.45) is 0. The summed E-state index contributed by atoms with van der Waals surface area (Å²) in [6.45, 7) is -4.98. The fourth-order valence-electron chi connectivity index (χ4n) is 0.716. The number of rotatable bonds is 1. The van der Waals surface area contributed by atoms with Gasteiger partial charge in [0, 0.05) is 0 Å². The molecule has 0 bridgehead atoms. The SMILES string of the molecule is F[B-](F)(F)c1ccc(Cl)c(Cl)c1.[K+]. The van der Waals surface area contributed by atoms with Crippen LogP contribution in [0.3, 0.4) is 0 Å². The second-order valence-electron chi connectivity index (χ2n) is 2.25. The minimum Gasteiger partial charge on any atom is -0.445 e. The maximum Gasteiger partial charge on any atom is 1.00 e. The molecule has 1 aromatic rings. The minimum absolute atomic E-state index is 0. The second-order valence-corrected chi connectivity index (χ2v) is 3.06. The summed E-state index contributed by atoms with van der Waals surface area (Å²) in [4.78, 5) is 0. The van der Waals surface area contributed by atoms with Gasteiger partial charge in [0.05, 0.1) is 10.0 Å². The Balaban J connectivity index is 0.00000144. The van der Waals surface area contributed by atoms with Crippen molar-refractivity contribution in [1.29, 1.82) is 0 Å². The van der Waals surface area contributed by atoms with Crippen molar-refractivity contribution >= 4 is 35.6 Å². The van der Waals surface area contributed by atoms with Crippen LogP contribution in [0.2, 0.25) is 10.0 Å². The standard InChI is InChI=1S/C6H3BCl2F3.K/c8-5-2-1-4(3-6(5)9)7(10,11)12;/h1-3H;/q-1;+1. The molecular formula is C6H3BCl2F3K. The molecule has 0 N–H and O–H groups in total. The first-order chi connectivity index (χ1) is 5.41. The average Bonchev–Trinajstić information content (AvgIpc) is 1.92. The Morgan fingerprint density at radius 3 is 1.92 bits per heavy atom. The first kappa shape index (κ1) is 14.3. The van der Waals surface area contributed by atoms with Crippen LogP contribution < -0.4 is 56.8 Å². The summed E-state index contributed by atoms with van der Waals surface area (Å²) in [5, 5.41) is 0.0498. The van der Waals surface area contributed by atoms with E-state index in [9.17, 15) is 12.9 Å². The molecule has 0 spiro atoms. The fourth-order valence-corrected chi connectivity index (χ4v) is 1.02. The van der Waals surface area contributed by atoms with E-state index in [1.54, 1.807) is 0 Å². The van der Waals surface area contributed by atoms with Crippen molar-refractivity contribution in [3.8, 4) is 0 Å². The number of hydrogen-bond acceptors (Lipinski definition) is 0. The van der Waals surface area contributed by atoms with E-state index >= 15 is 0 Å². The Labute approximate surface area is 126 Å². The van der Waals surface area contributed by atoms with Crippen molar-refractivity contribution < 1.29 is 64.3 Å². The second kappa shape index (κ2) is 5.40. The Hall–Kier alpha value is 1.29. The van der Waals surface area contributed by atoms with Crippen LogP contribution >= 0.6 is 23.2 Å². The molecule has 0 aliphatic carbocycles. The number of hydrogen-bond donors (Lipinski definition) is 0. The van der Waals surface area contributed by atoms with Crippen LogP contribution in [-0.4, -0.2) is 6.98 Å². The molecule has 0 saturated heterocycles. The van der Waals surface area contributed by atoms with Gasteiger partial charge in [-0.25, -0.2) is 0 Å². The molecule has 0 amide bonds. The summed E-state index contributed by atoms with van der Waals surface area (Å²) in [5.74, 6) is 0. The van der Waals surface area contributed by atoms with E-state index in [-0.39, 0.29) is 61.4 Å². The Morgan fingerprint density at radius 1 is 1.00 bits per heavy atom. The van der Waals surface area contributed by atoms with Gasteiger partial charge in [-0.2, -0.15) is 0 Å². The molecule has 7 heteroatoms. The molecule has 0 nitrogen and oxygen atoms in total. The monoisotopic (exact) mass is 252 g/mol. The van der Waals surface area contributed by atoms with E-state index in [0.717, 1.165) is 18.2 Å². The minimum atomic E-state index is -4.98. The van der Waals surface area contributed by atoms with Crippen LogP contribution in [0.15, 0.2) is 18.2 Å². The third-order valence-electron chi connectivity index (χ3n) is 1.32. The third-order valence-corrected chi connectivity index (χ3v) is 2.06. The molecule has 0 saturated carbocycles. The smallest absolute Gasteiger partial charge is 0.445 e. The third kappa shape index (κ3) is 4.12. The van der Waals surface area contributed by atoms with Crippen LogP contribution in [-0.2, 0) is 0 Å². The molecule has 0 radical (unpaired) electrons. The summed E-state index contributed by atoms with van der Waals surface area (Å²) in [7, 11) is 0. The molecule has 1 aromatic carbocycles. The zero-order valence-corrected chi connectivity index (χ0v) is 11.3. The van der Waals surface area contributed by atoms with Gasteiger partial charge in [0.25, 0.3) is 0 Å². The summed E-state index contributed by atoms with van der Waals surface area (Å²) < 4.78 is 36.2. The molecule has 0 heterocycles. The molecule has 0 unspecified atom stereocenters. The molecular weight excluding hydrogens is 250 g/mol. The van der Waals surface area contributed by atoms with Gasteiger partial charge in [0.2, 0.25) is 0 Å². The Bertz CT molecular complexity index is 302. The molecule has 0 fully saturated rings. The van der Waals surface area contributed by atoms with E-state index in [0.29, 0.717) is 0 Å². The number of halogens is 5. The van der Waals surface area contributed by atoms with Gasteiger partial charge < -0.3 is 12.9 Å². The van der Waals surface area contributed by atoms with E-state index in [1.807, 2.05) is 0 Å². The maximum atomic E-state index is 12.1. The van der Waals surface area contributed by atoms with Gasteiger partial charge >= 0.3 is 58.4 Å². The molecule has 0 aromatic heterocycles. The summed E-state index contributed by atoms with van der Waals surface area (Å²) in [6, 6.07) is 2.87. The molecule has 0 aliphatic heterocycles.